The first kappa shape index (κ1) is 12.6. The van der Waals surface area contributed by atoms with E-state index < -0.39 is 17.9 Å². The lowest BCUT2D eigenvalue weighted by molar-refractivity contribution is -0.125. The number of aliphatic hydroxyl groups excluding tert-OH is 1. The fourth-order valence-electron chi connectivity index (χ4n) is 0.936. The average molecular weight is 288 g/mol. The summed E-state index contributed by atoms with van der Waals surface area (Å²) in [4.78, 5) is 25.9. The van der Waals surface area contributed by atoms with E-state index in [0.717, 1.165) is 0 Å². The summed E-state index contributed by atoms with van der Waals surface area (Å²) >= 11 is 3.12. The number of nitrogens with one attached hydrogen (secondary N) is 1. The number of aromatic nitrogens is 1. The Morgan fingerprint density at radius 1 is 1.62 bits per heavy atom. The summed E-state index contributed by atoms with van der Waals surface area (Å²) in [6, 6.07) is 3.03. The molecule has 0 spiro atoms. The minimum Gasteiger partial charge on any atom is -0.381 e. The summed E-state index contributed by atoms with van der Waals surface area (Å²) in [5.74, 6) is -1.29. The van der Waals surface area contributed by atoms with Crippen LogP contribution in [0.25, 0.3) is 0 Å². The lowest BCUT2D eigenvalue weighted by atomic mass is 10.2. The zero-order valence-electron chi connectivity index (χ0n) is 8.18. The highest BCUT2D eigenvalue weighted by atomic mass is 79.9. The lowest BCUT2D eigenvalue weighted by Gasteiger charge is -2.08. The average Bonchev–Trinajstić information content (AvgIpc) is 2.25. The van der Waals surface area contributed by atoms with Gasteiger partial charge in [0.25, 0.3) is 5.91 Å². The molecule has 0 radical (unpaired) electrons. The third kappa shape index (κ3) is 3.59. The number of amides is 2. The zero-order chi connectivity index (χ0) is 12.1. The van der Waals surface area contributed by atoms with Gasteiger partial charge in [0.05, 0.1) is 6.54 Å². The van der Waals surface area contributed by atoms with Gasteiger partial charge >= 0.3 is 0 Å². The number of carbonyl (C=O) groups is 2. The Morgan fingerprint density at radius 3 is 2.88 bits per heavy atom. The van der Waals surface area contributed by atoms with Crippen molar-refractivity contribution in [2.24, 2.45) is 5.73 Å². The molecule has 1 heterocycles. The second kappa shape index (κ2) is 5.57. The van der Waals surface area contributed by atoms with E-state index in [2.05, 4.69) is 26.2 Å². The van der Waals surface area contributed by atoms with Gasteiger partial charge in [-0.25, -0.2) is 4.98 Å². The van der Waals surface area contributed by atoms with Crippen molar-refractivity contribution in [3.63, 3.8) is 0 Å². The Balaban J connectivity index is 2.56. The van der Waals surface area contributed by atoms with Gasteiger partial charge in [0.15, 0.2) is 0 Å². The molecule has 0 bridgehead atoms. The predicted octanol–water partition coefficient (Wildman–Crippen LogP) is -0.580. The molecule has 0 saturated heterocycles. The van der Waals surface area contributed by atoms with Gasteiger partial charge < -0.3 is 16.2 Å². The number of carbonyl (C=O) groups excluding carboxylic acids is 2. The van der Waals surface area contributed by atoms with Crippen LogP contribution in [0.3, 0.4) is 0 Å². The minimum atomic E-state index is -1.38. The Hall–Kier alpha value is -1.47. The van der Waals surface area contributed by atoms with Gasteiger partial charge in [0.2, 0.25) is 5.91 Å². The number of rotatable bonds is 4. The monoisotopic (exact) mass is 287 g/mol. The Morgan fingerprint density at radius 2 is 2.31 bits per heavy atom. The molecule has 16 heavy (non-hydrogen) atoms. The van der Waals surface area contributed by atoms with Crippen LogP contribution >= 0.6 is 15.9 Å². The fraction of sp³-hybridized carbons (Fsp3) is 0.222. The van der Waals surface area contributed by atoms with Crippen molar-refractivity contribution in [2.75, 3.05) is 6.54 Å². The third-order valence-corrected chi connectivity index (χ3v) is 2.21. The van der Waals surface area contributed by atoms with E-state index in [4.69, 9.17) is 10.8 Å². The molecule has 0 fully saturated rings. The van der Waals surface area contributed by atoms with Crippen LogP contribution in [-0.4, -0.2) is 34.6 Å². The van der Waals surface area contributed by atoms with Crippen molar-refractivity contribution in [3.05, 3.63) is 28.5 Å². The molecule has 86 valence electrons. The highest BCUT2D eigenvalue weighted by molar-refractivity contribution is 9.10. The molecule has 1 rings (SSSR count). The van der Waals surface area contributed by atoms with Crippen molar-refractivity contribution in [1.82, 2.24) is 10.3 Å². The van der Waals surface area contributed by atoms with Crippen LogP contribution in [0.4, 0.5) is 0 Å². The molecule has 0 saturated carbocycles. The zero-order valence-corrected chi connectivity index (χ0v) is 9.77. The lowest BCUT2D eigenvalue weighted by Crippen LogP contribution is -2.39. The second-order valence-corrected chi connectivity index (χ2v) is 3.81. The molecule has 1 unspecified atom stereocenters. The normalized spacial score (nSPS) is 11.9. The van der Waals surface area contributed by atoms with Crippen LogP contribution in [0.15, 0.2) is 22.9 Å². The maximum absolute atomic E-state index is 11.5. The maximum atomic E-state index is 11.5. The quantitative estimate of drug-likeness (QED) is 0.644. The van der Waals surface area contributed by atoms with Crippen LogP contribution in [-0.2, 0) is 4.79 Å². The van der Waals surface area contributed by atoms with E-state index in [1.165, 1.54) is 18.3 Å². The SMILES string of the molecule is NC(=O)C(O)CNC(=O)c1ccnc(Br)c1. The highest BCUT2D eigenvalue weighted by Crippen LogP contribution is 2.07. The van der Waals surface area contributed by atoms with Gasteiger partial charge in [-0.2, -0.15) is 0 Å². The summed E-state index contributed by atoms with van der Waals surface area (Å²) < 4.78 is 0.524. The number of aliphatic hydroxyl groups is 1. The van der Waals surface area contributed by atoms with Crippen LogP contribution < -0.4 is 11.1 Å². The van der Waals surface area contributed by atoms with E-state index in [0.29, 0.717) is 10.2 Å². The predicted molar refractivity (Wildman–Crippen MR) is 59.5 cm³/mol. The smallest absolute Gasteiger partial charge is 0.251 e. The molecule has 0 aromatic carbocycles. The van der Waals surface area contributed by atoms with E-state index in [9.17, 15) is 9.59 Å². The molecule has 4 N–H and O–H groups in total. The third-order valence-electron chi connectivity index (χ3n) is 1.77. The largest absolute Gasteiger partial charge is 0.381 e. The molecule has 0 aliphatic heterocycles. The molecule has 1 atom stereocenters. The van der Waals surface area contributed by atoms with Gasteiger partial charge in [-0.15, -0.1) is 0 Å². The molecule has 0 aliphatic rings. The molecule has 1 aromatic heterocycles. The maximum Gasteiger partial charge on any atom is 0.251 e. The summed E-state index contributed by atoms with van der Waals surface area (Å²) in [5, 5.41) is 11.4. The second-order valence-electron chi connectivity index (χ2n) is 3.00. The molecule has 7 heteroatoms. The van der Waals surface area contributed by atoms with Crippen LogP contribution in [0, 0.1) is 0 Å². The standard InChI is InChI=1S/C9H10BrN3O3/c10-7-3-5(1-2-12-7)9(16)13-4-6(14)8(11)15/h1-3,6,14H,4H2,(H2,11,15)(H,13,16). The van der Waals surface area contributed by atoms with Gasteiger partial charge in [-0.3, -0.25) is 9.59 Å². The number of primary amides is 1. The Kier molecular flexibility index (Phi) is 4.39. The van der Waals surface area contributed by atoms with Crippen molar-refractivity contribution in [3.8, 4) is 0 Å². The summed E-state index contributed by atoms with van der Waals surface area (Å²) in [7, 11) is 0. The first-order valence-electron chi connectivity index (χ1n) is 4.38. The van der Waals surface area contributed by atoms with Crippen molar-refractivity contribution < 1.29 is 14.7 Å². The van der Waals surface area contributed by atoms with Crippen molar-refractivity contribution in [2.45, 2.75) is 6.10 Å². The van der Waals surface area contributed by atoms with Gasteiger partial charge in [-0.1, -0.05) is 0 Å². The summed E-state index contributed by atoms with van der Waals surface area (Å²) in [5.41, 5.74) is 5.20. The van der Waals surface area contributed by atoms with Crippen molar-refractivity contribution >= 4 is 27.7 Å². The number of halogens is 1. The first-order chi connectivity index (χ1) is 7.50. The Bertz CT molecular complexity index is 411. The summed E-state index contributed by atoms with van der Waals surface area (Å²) in [6.07, 6.45) is 0.0815. The Labute approximate surface area is 100.0 Å². The van der Waals surface area contributed by atoms with Gasteiger partial charge in [0, 0.05) is 11.8 Å². The number of nitrogens with two attached hydrogens (primary N) is 1. The topological polar surface area (TPSA) is 105 Å². The molecule has 2 amide bonds. The number of hydrogen-bond acceptors (Lipinski definition) is 4. The number of hydrogen-bond donors (Lipinski definition) is 3. The molecule has 0 aliphatic carbocycles. The van der Waals surface area contributed by atoms with Crippen LogP contribution in [0.2, 0.25) is 0 Å². The van der Waals surface area contributed by atoms with Crippen LogP contribution in [0.1, 0.15) is 10.4 Å². The number of pyridine rings is 1. The highest BCUT2D eigenvalue weighted by Gasteiger charge is 2.13. The van der Waals surface area contributed by atoms with E-state index in [-0.39, 0.29) is 6.54 Å². The van der Waals surface area contributed by atoms with Crippen LogP contribution in [0.5, 0.6) is 0 Å². The fourth-order valence-corrected chi connectivity index (χ4v) is 1.30. The van der Waals surface area contributed by atoms with E-state index >= 15 is 0 Å². The minimum absolute atomic E-state index is 0.214. The van der Waals surface area contributed by atoms with Gasteiger partial charge in [0.1, 0.15) is 10.7 Å². The molecular formula is C9H10BrN3O3. The molecule has 6 nitrogen and oxygen atoms in total. The van der Waals surface area contributed by atoms with E-state index in [1.54, 1.807) is 0 Å². The molecular weight excluding hydrogens is 278 g/mol. The van der Waals surface area contributed by atoms with E-state index in [1.807, 2.05) is 0 Å². The first-order valence-corrected chi connectivity index (χ1v) is 5.17. The van der Waals surface area contributed by atoms with Gasteiger partial charge in [-0.05, 0) is 28.1 Å². The number of nitrogens with zero attached hydrogens (tertiary/aromatic N) is 1. The van der Waals surface area contributed by atoms with Crippen molar-refractivity contribution in [1.29, 1.82) is 0 Å². The molecule has 1 aromatic rings. The summed E-state index contributed by atoms with van der Waals surface area (Å²) in [6.45, 7) is -0.214.